The number of carbonyl (C=O) groups excluding carboxylic acids is 2. The molecule has 0 aromatic heterocycles. The van der Waals surface area contributed by atoms with Gasteiger partial charge in [-0.15, -0.1) is 0 Å². The topological polar surface area (TPSA) is 72.6 Å². The van der Waals surface area contributed by atoms with E-state index >= 15 is 0 Å². The first-order valence-corrected chi connectivity index (χ1v) is 7.60. The summed E-state index contributed by atoms with van der Waals surface area (Å²) in [6.45, 7) is 5.40. The predicted octanol–water partition coefficient (Wildman–Crippen LogP) is 2.92. The molecule has 22 heavy (non-hydrogen) atoms. The van der Waals surface area contributed by atoms with Crippen LogP contribution < -0.4 is 5.73 Å². The van der Waals surface area contributed by atoms with Crippen LogP contribution in [0, 0.1) is 0 Å². The first-order valence-electron chi connectivity index (χ1n) is 7.22. The van der Waals surface area contributed by atoms with E-state index in [4.69, 9.17) is 22.1 Å². The maximum Gasteiger partial charge on any atom is 0.417 e. The van der Waals surface area contributed by atoms with Gasteiger partial charge in [-0.25, -0.2) is 9.69 Å². The Hall–Kier alpha value is -1.59. The number of halogens is 1. The Balaban J connectivity index is 2.14. The fourth-order valence-corrected chi connectivity index (χ4v) is 2.78. The third-order valence-corrected chi connectivity index (χ3v) is 3.87. The predicted molar refractivity (Wildman–Crippen MR) is 84.7 cm³/mol. The molecule has 6 heteroatoms. The lowest BCUT2D eigenvalue weighted by Gasteiger charge is -2.36. The third kappa shape index (κ3) is 3.78. The SMILES string of the molecule is CC(C)(C)OC(=O)N1C[C@H](N)[C@@H](c2ccccc2Cl)CC1=O. The summed E-state index contributed by atoms with van der Waals surface area (Å²) in [7, 11) is 0. The Bertz CT molecular complexity index is 583. The smallest absolute Gasteiger partial charge is 0.417 e. The van der Waals surface area contributed by atoms with Gasteiger partial charge in [0.15, 0.2) is 0 Å². The number of rotatable bonds is 1. The molecule has 0 saturated carbocycles. The summed E-state index contributed by atoms with van der Waals surface area (Å²) < 4.78 is 5.25. The fraction of sp³-hybridized carbons (Fsp3) is 0.500. The molecule has 2 amide bonds. The second-order valence-corrected chi connectivity index (χ2v) is 6.89. The fourth-order valence-electron chi connectivity index (χ4n) is 2.50. The minimum absolute atomic E-state index is 0.129. The molecule has 1 aliphatic heterocycles. The van der Waals surface area contributed by atoms with Crippen LogP contribution in [-0.4, -0.2) is 35.1 Å². The van der Waals surface area contributed by atoms with Crippen molar-refractivity contribution in [3.63, 3.8) is 0 Å². The van der Waals surface area contributed by atoms with Gasteiger partial charge in [-0.3, -0.25) is 4.79 Å². The van der Waals surface area contributed by atoms with Crippen LogP contribution in [0.2, 0.25) is 5.02 Å². The zero-order chi connectivity index (χ0) is 16.5. The number of ether oxygens (including phenoxy) is 1. The number of carbonyl (C=O) groups is 2. The van der Waals surface area contributed by atoms with Gasteiger partial charge in [0.2, 0.25) is 5.91 Å². The second kappa shape index (κ2) is 6.26. The number of hydrogen-bond acceptors (Lipinski definition) is 4. The van der Waals surface area contributed by atoms with E-state index in [0.717, 1.165) is 10.5 Å². The van der Waals surface area contributed by atoms with Crippen molar-refractivity contribution in [1.29, 1.82) is 0 Å². The molecule has 1 aromatic carbocycles. The van der Waals surface area contributed by atoms with Crippen LogP contribution in [0.5, 0.6) is 0 Å². The molecule has 0 unspecified atom stereocenters. The summed E-state index contributed by atoms with van der Waals surface area (Å²) in [6, 6.07) is 6.95. The molecule has 0 spiro atoms. The van der Waals surface area contributed by atoms with Gasteiger partial charge in [0.25, 0.3) is 0 Å². The van der Waals surface area contributed by atoms with Crippen molar-refractivity contribution in [2.45, 2.75) is 44.8 Å². The monoisotopic (exact) mass is 324 g/mol. The quantitative estimate of drug-likeness (QED) is 0.862. The van der Waals surface area contributed by atoms with Gasteiger partial charge in [-0.05, 0) is 32.4 Å². The number of imide groups is 1. The Labute approximate surface area is 135 Å². The normalized spacial score (nSPS) is 22.6. The average Bonchev–Trinajstić information content (AvgIpc) is 2.40. The van der Waals surface area contributed by atoms with E-state index < -0.39 is 11.7 Å². The molecule has 120 valence electrons. The van der Waals surface area contributed by atoms with Crippen molar-refractivity contribution < 1.29 is 14.3 Å². The number of piperidine rings is 1. The number of hydrogen-bond donors (Lipinski definition) is 1. The van der Waals surface area contributed by atoms with E-state index in [1.54, 1.807) is 26.8 Å². The summed E-state index contributed by atoms with van der Waals surface area (Å²) in [4.78, 5) is 25.5. The lowest BCUT2D eigenvalue weighted by Crippen LogP contribution is -2.53. The highest BCUT2D eigenvalue weighted by Crippen LogP contribution is 2.33. The van der Waals surface area contributed by atoms with E-state index in [-0.39, 0.29) is 30.8 Å². The average molecular weight is 325 g/mol. The van der Waals surface area contributed by atoms with Crippen LogP contribution >= 0.6 is 11.6 Å². The molecule has 1 fully saturated rings. The lowest BCUT2D eigenvalue weighted by molar-refractivity contribution is -0.133. The van der Waals surface area contributed by atoms with Crippen LogP contribution in [0.4, 0.5) is 4.79 Å². The molecule has 2 N–H and O–H groups in total. The number of nitrogens with two attached hydrogens (primary N) is 1. The van der Waals surface area contributed by atoms with Crippen molar-refractivity contribution in [3.8, 4) is 0 Å². The van der Waals surface area contributed by atoms with Crippen molar-refractivity contribution in [3.05, 3.63) is 34.9 Å². The van der Waals surface area contributed by atoms with Crippen molar-refractivity contribution in [1.82, 2.24) is 4.90 Å². The maximum absolute atomic E-state index is 12.3. The number of likely N-dealkylation sites (tertiary alicyclic amines) is 1. The highest BCUT2D eigenvalue weighted by atomic mass is 35.5. The van der Waals surface area contributed by atoms with Crippen molar-refractivity contribution >= 4 is 23.6 Å². The van der Waals surface area contributed by atoms with E-state index in [9.17, 15) is 9.59 Å². The van der Waals surface area contributed by atoms with Gasteiger partial charge in [-0.1, -0.05) is 29.8 Å². The lowest BCUT2D eigenvalue weighted by atomic mass is 9.85. The molecule has 1 saturated heterocycles. The zero-order valence-electron chi connectivity index (χ0n) is 13.0. The van der Waals surface area contributed by atoms with Crippen LogP contribution in [0.15, 0.2) is 24.3 Å². The molecule has 1 aromatic rings. The summed E-state index contributed by atoms with van der Waals surface area (Å²) in [5.41, 5.74) is 6.36. The van der Waals surface area contributed by atoms with Crippen molar-refractivity contribution in [2.24, 2.45) is 5.73 Å². The summed E-state index contributed by atoms with van der Waals surface area (Å²) in [5.74, 6) is -0.485. The summed E-state index contributed by atoms with van der Waals surface area (Å²) in [5, 5.41) is 0.585. The second-order valence-electron chi connectivity index (χ2n) is 6.48. The van der Waals surface area contributed by atoms with Crippen LogP contribution in [0.3, 0.4) is 0 Å². The van der Waals surface area contributed by atoms with Gasteiger partial charge in [0, 0.05) is 29.9 Å². The maximum atomic E-state index is 12.3. The molecule has 0 radical (unpaired) electrons. The van der Waals surface area contributed by atoms with Gasteiger partial charge >= 0.3 is 6.09 Å². The molecule has 1 aliphatic rings. The molecule has 2 atom stereocenters. The Morgan fingerprint density at radius 2 is 2.00 bits per heavy atom. The number of amides is 2. The van der Waals surface area contributed by atoms with Crippen LogP contribution in [0.25, 0.3) is 0 Å². The van der Waals surface area contributed by atoms with Crippen LogP contribution in [0.1, 0.15) is 38.7 Å². The van der Waals surface area contributed by atoms with Gasteiger partial charge in [0.1, 0.15) is 5.60 Å². The largest absolute Gasteiger partial charge is 0.443 e. The minimum Gasteiger partial charge on any atom is -0.443 e. The van der Waals surface area contributed by atoms with Gasteiger partial charge in [0.05, 0.1) is 0 Å². The van der Waals surface area contributed by atoms with Crippen LogP contribution in [-0.2, 0) is 9.53 Å². The summed E-state index contributed by atoms with van der Waals surface area (Å²) in [6.07, 6.45) is -0.505. The molecule has 0 aliphatic carbocycles. The Kier molecular flexibility index (Phi) is 4.78. The standard InChI is InChI=1S/C16H21ClN2O3/c1-16(2,3)22-15(21)19-9-13(18)11(8-14(19)20)10-6-4-5-7-12(10)17/h4-7,11,13H,8-9,18H2,1-3H3/t11-,13+/m1/s1. The molecule has 0 bridgehead atoms. The minimum atomic E-state index is -0.652. The summed E-state index contributed by atoms with van der Waals surface area (Å²) >= 11 is 6.18. The third-order valence-electron chi connectivity index (χ3n) is 3.52. The first-order chi connectivity index (χ1) is 10.2. The van der Waals surface area contributed by atoms with E-state index in [0.29, 0.717) is 5.02 Å². The van der Waals surface area contributed by atoms with Gasteiger partial charge < -0.3 is 10.5 Å². The molecular formula is C16H21ClN2O3. The van der Waals surface area contributed by atoms with E-state index in [1.165, 1.54) is 0 Å². The molecule has 2 rings (SSSR count). The number of benzene rings is 1. The molecule has 5 nitrogen and oxygen atoms in total. The molecule has 1 heterocycles. The first kappa shape index (κ1) is 16.8. The Morgan fingerprint density at radius 3 is 2.59 bits per heavy atom. The van der Waals surface area contributed by atoms with Crippen molar-refractivity contribution in [2.75, 3.05) is 6.54 Å². The van der Waals surface area contributed by atoms with E-state index in [1.807, 2.05) is 18.2 Å². The highest BCUT2D eigenvalue weighted by molar-refractivity contribution is 6.31. The zero-order valence-corrected chi connectivity index (χ0v) is 13.8. The van der Waals surface area contributed by atoms with E-state index in [2.05, 4.69) is 0 Å². The molecular weight excluding hydrogens is 304 g/mol. The number of nitrogens with zero attached hydrogens (tertiary/aromatic N) is 1. The van der Waals surface area contributed by atoms with Gasteiger partial charge in [-0.2, -0.15) is 0 Å². The Morgan fingerprint density at radius 1 is 1.36 bits per heavy atom. The highest BCUT2D eigenvalue weighted by Gasteiger charge is 2.38.